The summed E-state index contributed by atoms with van der Waals surface area (Å²) in [5.74, 6) is 0.910. The average Bonchev–Trinajstić information content (AvgIpc) is 3.57. The summed E-state index contributed by atoms with van der Waals surface area (Å²) in [7, 11) is 0. The standard InChI is InChI=1S/C31H30F2N6O/c1-2-40-19-14-24(32)23(25(33)15-19)17-39-28-9-4-3-6-21(28)29(38-39)31-36-26-8-5-7-20(26)30(37-31)35-27-12-13-34-16-22(27)18-10-11-18/h3-4,6,9,12-16,18,26H,2,5,7-8,10-11,17H2,1H3,(H,34,35)(H,36,37). The largest absolute Gasteiger partial charge is 0.494 e. The first-order valence-corrected chi connectivity index (χ1v) is 13.9. The summed E-state index contributed by atoms with van der Waals surface area (Å²) in [6.45, 7) is 2.05. The van der Waals surface area contributed by atoms with E-state index < -0.39 is 11.6 Å². The van der Waals surface area contributed by atoms with Gasteiger partial charge in [-0.2, -0.15) is 5.10 Å². The van der Waals surface area contributed by atoms with Crippen LogP contribution in [0.4, 0.5) is 14.5 Å². The number of ether oxygens (including phenoxy) is 1. The minimum atomic E-state index is -0.661. The SMILES string of the molecule is CCOc1cc(F)c(Cn2nc(C3=NC(Nc4ccncc4C4CC4)=C4CCCC4N3)c3ccccc32)c(F)c1. The summed E-state index contributed by atoms with van der Waals surface area (Å²) in [5, 5.41) is 13.0. The molecule has 40 heavy (non-hydrogen) atoms. The molecule has 2 aliphatic carbocycles. The molecule has 2 fully saturated rings. The van der Waals surface area contributed by atoms with Crippen LogP contribution in [0.3, 0.4) is 0 Å². The average molecular weight is 541 g/mol. The van der Waals surface area contributed by atoms with Gasteiger partial charge in [-0.3, -0.25) is 9.67 Å². The molecule has 0 bridgehead atoms. The third-order valence-corrected chi connectivity index (χ3v) is 7.94. The Balaban J connectivity index is 1.27. The van der Waals surface area contributed by atoms with E-state index in [1.807, 2.05) is 42.7 Å². The molecule has 0 saturated heterocycles. The molecule has 3 aliphatic rings. The fourth-order valence-electron chi connectivity index (χ4n) is 5.82. The number of para-hydroxylation sites is 1. The second-order valence-electron chi connectivity index (χ2n) is 10.6. The number of benzene rings is 2. The highest BCUT2D eigenvalue weighted by atomic mass is 19.1. The normalized spacial score (nSPS) is 18.5. The third-order valence-electron chi connectivity index (χ3n) is 7.94. The zero-order valence-electron chi connectivity index (χ0n) is 22.3. The Kier molecular flexibility index (Phi) is 6.21. The quantitative estimate of drug-likeness (QED) is 0.276. The first-order chi connectivity index (χ1) is 19.6. The van der Waals surface area contributed by atoms with Crippen LogP contribution in [-0.2, 0) is 6.54 Å². The van der Waals surface area contributed by atoms with Crippen LogP contribution in [-0.4, -0.2) is 33.2 Å². The van der Waals surface area contributed by atoms with Crippen molar-refractivity contribution in [3.63, 3.8) is 0 Å². The molecule has 4 aromatic rings. The number of amidine groups is 1. The number of halogens is 2. The molecule has 1 unspecified atom stereocenters. The van der Waals surface area contributed by atoms with Crippen LogP contribution >= 0.6 is 0 Å². The van der Waals surface area contributed by atoms with Crippen LogP contribution in [0.1, 0.15) is 61.8 Å². The Hall–Kier alpha value is -4.27. The van der Waals surface area contributed by atoms with E-state index in [2.05, 4.69) is 15.6 Å². The van der Waals surface area contributed by atoms with E-state index in [9.17, 15) is 8.78 Å². The maximum Gasteiger partial charge on any atom is 0.157 e. The molecule has 3 heterocycles. The van der Waals surface area contributed by atoms with Gasteiger partial charge < -0.3 is 15.4 Å². The van der Waals surface area contributed by atoms with Crippen molar-refractivity contribution >= 4 is 22.4 Å². The van der Waals surface area contributed by atoms with Gasteiger partial charge in [-0.25, -0.2) is 13.8 Å². The lowest BCUT2D eigenvalue weighted by Crippen LogP contribution is -2.39. The van der Waals surface area contributed by atoms with Crippen LogP contribution in [0, 0.1) is 11.6 Å². The summed E-state index contributed by atoms with van der Waals surface area (Å²) >= 11 is 0. The molecule has 1 atom stereocenters. The highest BCUT2D eigenvalue weighted by molar-refractivity contribution is 6.09. The topological polar surface area (TPSA) is 76.4 Å². The van der Waals surface area contributed by atoms with Crippen LogP contribution in [0.2, 0.25) is 0 Å². The van der Waals surface area contributed by atoms with Gasteiger partial charge >= 0.3 is 0 Å². The van der Waals surface area contributed by atoms with E-state index in [-0.39, 0.29) is 23.9 Å². The number of aliphatic imine (C=N–C) groups is 1. The van der Waals surface area contributed by atoms with Gasteiger partial charge in [-0.15, -0.1) is 0 Å². The van der Waals surface area contributed by atoms with Crippen molar-refractivity contribution in [1.82, 2.24) is 20.1 Å². The summed E-state index contributed by atoms with van der Waals surface area (Å²) in [4.78, 5) is 9.41. The number of nitrogens with zero attached hydrogens (tertiary/aromatic N) is 4. The first-order valence-electron chi connectivity index (χ1n) is 13.9. The number of nitrogens with one attached hydrogen (secondary N) is 2. The van der Waals surface area contributed by atoms with Crippen LogP contribution in [0.25, 0.3) is 10.9 Å². The minimum absolute atomic E-state index is 0.0603. The lowest BCUT2D eigenvalue weighted by Gasteiger charge is -2.25. The van der Waals surface area contributed by atoms with E-state index >= 15 is 0 Å². The molecule has 2 aromatic carbocycles. The molecule has 2 saturated carbocycles. The van der Waals surface area contributed by atoms with E-state index in [1.54, 1.807) is 11.6 Å². The zero-order valence-corrected chi connectivity index (χ0v) is 22.3. The van der Waals surface area contributed by atoms with Crippen molar-refractivity contribution in [2.45, 2.75) is 57.5 Å². The predicted octanol–water partition coefficient (Wildman–Crippen LogP) is 6.26. The molecule has 7 nitrogen and oxygen atoms in total. The van der Waals surface area contributed by atoms with Gasteiger partial charge in [0.05, 0.1) is 24.7 Å². The van der Waals surface area contributed by atoms with Gasteiger partial charge in [0.1, 0.15) is 28.9 Å². The van der Waals surface area contributed by atoms with Crippen LogP contribution < -0.4 is 15.4 Å². The monoisotopic (exact) mass is 540 g/mol. The van der Waals surface area contributed by atoms with Crippen LogP contribution in [0.5, 0.6) is 5.75 Å². The van der Waals surface area contributed by atoms with Crippen molar-refractivity contribution in [3.05, 3.63) is 94.7 Å². The number of hydrogen-bond donors (Lipinski definition) is 2. The molecule has 9 heteroatoms. The van der Waals surface area contributed by atoms with E-state index in [0.29, 0.717) is 24.1 Å². The zero-order chi connectivity index (χ0) is 27.2. The second kappa shape index (κ2) is 10.0. The number of rotatable bonds is 8. The van der Waals surface area contributed by atoms with Gasteiger partial charge in [-0.1, -0.05) is 18.2 Å². The van der Waals surface area contributed by atoms with Crippen molar-refractivity contribution in [3.8, 4) is 5.75 Å². The molecule has 204 valence electrons. The van der Waals surface area contributed by atoms with E-state index in [0.717, 1.165) is 41.7 Å². The van der Waals surface area contributed by atoms with Crippen molar-refractivity contribution < 1.29 is 13.5 Å². The summed E-state index contributed by atoms with van der Waals surface area (Å²) < 4.78 is 36.9. The molecule has 2 N–H and O–H groups in total. The highest BCUT2D eigenvalue weighted by Gasteiger charge is 2.32. The Morgan fingerprint density at radius 2 is 1.93 bits per heavy atom. The molecular weight excluding hydrogens is 510 g/mol. The van der Waals surface area contributed by atoms with Gasteiger partial charge in [-0.05, 0) is 68.2 Å². The second-order valence-corrected chi connectivity index (χ2v) is 10.6. The van der Waals surface area contributed by atoms with Crippen LogP contribution in [0.15, 0.2) is 71.2 Å². The Morgan fingerprint density at radius 1 is 1.10 bits per heavy atom. The summed E-state index contributed by atoms with van der Waals surface area (Å²) in [6, 6.07) is 12.3. The predicted molar refractivity (Wildman–Crippen MR) is 151 cm³/mol. The smallest absolute Gasteiger partial charge is 0.157 e. The van der Waals surface area contributed by atoms with Crippen molar-refractivity contribution in [2.75, 3.05) is 11.9 Å². The maximum atomic E-state index is 15.0. The minimum Gasteiger partial charge on any atom is -0.494 e. The number of anilines is 1. The summed E-state index contributed by atoms with van der Waals surface area (Å²) in [5.41, 5.74) is 4.92. The fraction of sp³-hybridized carbons (Fsp3) is 0.323. The Morgan fingerprint density at radius 3 is 2.73 bits per heavy atom. The molecular formula is C31H30F2N6O. The fourth-order valence-corrected chi connectivity index (χ4v) is 5.82. The lowest BCUT2D eigenvalue weighted by atomic mass is 10.1. The molecule has 2 aromatic heterocycles. The molecule has 1 aliphatic heterocycles. The van der Waals surface area contributed by atoms with Crippen molar-refractivity contribution in [2.24, 2.45) is 4.99 Å². The third kappa shape index (κ3) is 4.49. The number of pyridine rings is 1. The van der Waals surface area contributed by atoms with Gasteiger partial charge in [0.15, 0.2) is 5.84 Å². The van der Waals surface area contributed by atoms with E-state index in [4.69, 9.17) is 14.8 Å². The number of fused-ring (bicyclic) bond motifs is 2. The van der Waals surface area contributed by atoms with E-state index in [1.165, 1.54) is 36.1 Å². The molecule has 0 radical (unpaired) electrons. The summed E-state index contributed by atoms with van der Waals surface area (Å²) in [6.07, 6.45) is 9.20. The Bertz CT molecular complexity index is 1650. The van der Waals surface area contributed by atoms with Gasteiger partial charge in [0.2, 0.25) is 0 Å². The molecule has 0 spiro atoms. The van der Waals surface area contributed by atoms with Gasteiger partial charge in [0.25, 0.3) is 0 Å². The first kappa shape index (κ1) is 24.7. The van der Waals surface area contributed by atoms with Gasteiger partial charge in [0, 0.05) is 41.2 Å². The maximum absolute atomic E-state index is 15.0. The highest BCUT2D eigenvalue weighted by Crippen LogP contribution is 2.44. The Labute approximate surface area is 231 Å². The van der Waals surface area contributed by atoms with Crippen molar-refractivity contribution in [1.29, 1.82) is 0 Å². The number of hydrogen-bond acceptors (Lipinski definition) is 6. The molecule has 7 rings (SSSR count). The molecule has 0 amide bonds. The number of aromatic nitrogens is 3. The lowest BCUT2D eigenvalue weighted by molar-refractivity contribution is 0.335.